The lowest BCUT2D eigenvalue weighted by molar-refractivity contribution is 0.0696. The fourth-order valence-corrected chi connectivity index (χ4v) is 3.14. The van der Waals surface area contributed by atoms with Gasteiger partial charge in [0.1, 0.15) is 0 Å². The number of aromatic carboxylic acids is 1. The molecule has 0 saturated heterocycles. The van der Waals surface area contributed by atoms with Crippen LogP contribution >= 0.6 is 0 Å². The van der Waals surface area contributed by atoms with Crippen LogP contribution in [0.3, 0.4) is 0 Å². The van der Waals surface area contributed by atoms with Crippen molar-refractivity contribution in [3.05, 3.63) is 58.5 Å². The zero-order chi connectivity index (χ0) is 16.6. The van der Waals surface area contributed by atoms with E-state index in [9.17, 15) is 18.0 Å². The molecule has 3 aromatic rings. The van der Waals surface area contributed by atoms with Crippen molar-refractivity contribution in [1.29, 1.82) is 0 Å². The van der Waals surface area contributed by atoms with Gasteiger partial charge in [-0.15, -0.1) is 0 Å². The quantitative estimate of drug-likeness (QED) is 0.572. The second-order valence-electron chi connectivity index (χ2n) is 4.77. The number of carboxylic acids is 1. The molecule has 8 nitrogen and oxygen atoms in total. The molecule has 3 rings (SSSR count). The third-order valence-electron chi connectivity index (χ3n) is 3.18. The molecule has 0 aliphatic heterocycles. The van der Waals surface area contributed by atoms with Crippen LogP contribution in [0.5, 0.6) is 0 Å². The molecule has 0 atom stereocenters. The number of H-pyrrole nitrogens is 2. The molecule has 0 saturated carbocycles. The van der Waals surface area contributed by atoms with Crippen molar-refractivity contribution < 1.29 is 18.3 Å². The number of imidazole rings is 1. The molecule has 0 unspecified atom stereocenters. The van der Waals surface area contributed by atoms with E-state index in [1.807, 2.05) is 0 Å². The summed E-state index contributed by atoms with van der Waals surface area (Å²) in [7, 11) is -3.86. The lowest BCUT2D eigenvalue weighted by Crippen LogP contribution is -2.13. The second-order valence-corrected chi connectivity index (χ2v) is 6.46. The van der Waals surface area contributed by atoms with Crippen molar-refractivity contribution in [2.45, 2.75) is 4.90 Å². The van der Waals surface area contributed by atoms with Crippen LogP contribution in [-0.2, 0) is 10.0 Å². The molecule has 0 bridgehead atoms. The summed E-state index contributed by atoms with van der Waals surface area (Å²) >= 11 is 0. The van der Waals surface area contributed by atoms with E-state index in [1.54, 1.807) is 6.07 Å². The summed E-state index contributed by atoms with van der Waals surface area (Å²) in [6, 6.07) is 9.41. The van der Waals surface area contributed by atoms with E-state index in [2.05, 4.69) is 14.7 Å². The highest BCUT2D eigenvalue weighted by Crippen LogP contribution is 2.19. The molecule has 2 aromatic carbocycles. The number of rotatable bonds is 4. The third-order valence-corrected chi connectivity index (χ3v) is 4.58. The molecule has 0 aliphatic rings. The zero-order valence-electron chi connectivity index (χ0n) is 11.5. The Hall–Kier alpha value is -3.07. The highest BCUT2D eigenvalue weighted by molar-refractivity contribution is 7.92. The lowest BCUT2D eigenvalue weighted by atomic mass is 10.2. The molecule has 1 aromatic heterocycles. The van der Waals surface area contributed by atoms with Crippen molar-refractivity contribution >= 4 is 32.7 Å². The van der Waals surface area contributed by atoms with Gasteiger partial charge in [-0.05, 0) is 42.5 Å². The van der Waals surface area contributed by atoms with E-state index in [0.29, 0.717) is 11.0 Å². The number of sulfonamides is 1. The molecule has 0 aliphatic carbocycles. The van der Waals surface area contributed by atoms with Gasteiger partial charge in [0, 0.05) is 0 Å². The van der Waals surface area contributed by atoms with Crippen LogP contribution in [0.25, 0.3) is 11.0 Å². The Morgan fingerprint density at radius 2 is 1.65 bits per heavy atom. The van der Waals surface area contributed by atoms with Crippen molar-refractivity contribution in [1.82, 2.24) is 9.97 Å². The summed E-state index contributed by atoms with van der Waals surface area (Å²) in [6.45, 7) is 0. The molecule has 1 heterocycles. The van der Waals surface area contributed by atoms with Gasteiger partial charge >= 0.3 is 11.7 Å². The molecule has 9 heteroatoms. The summed E-state index contributed by atoms with van der Waals surface area (Å²) in [5.41, 5.74) is 0.912. The van der Waals surface area contributed by atoms with E-state index in [1.165, 1.54) is 36.4 Å². The van der Waals surface area contributed by atoms with Crippen LogP contribution in [-0.4, -0.2) is 29.5 Å². The first kappa shape index (κ1) is 14.9. The maximum absolute atomic E-state index is 12.3. The maximum Gasteiger partial charge on any atom is 0.335 e. The smallest absolute Gasteiger partial charge is 0.335 e. The molecule has 0 fully saturated rings. The van der Waals surface area contributed by atoms with E-state index in [4.69, 9.17) is 5.11 Å². The molecular weight excluding hydrogens is 322 g/mol. The number of nitrogens with one attached hydrogen (secondary N) is 3. The van der Waals surface area contributed by atoms with Crippen LogP contribution < -0.4 is 10.4 Å². The highest BCUT2D eigenvalue weighted by atomic mass is 32.2. The van der Waals surface area contributed by atoms with Crippen LogP contribution in [0, 0.1) is 0 Å². The van der Waals surface area contributed by atoms with Crippen molar-refractivity contribution in [3.8, 4) is 0 Å². The second kappa shape index (κ2) is 5.29. The van der Waals surface area contributed by atoms with Crippen molar-refractivity contribution in [2.75, 3.05) is 4.72 Å². The average molecular weight is 333 g/mol. The molecule has 0 spiro atoms. The Morgan fingerprint density at radius 3 is 2.30 bits per heavy atom. The Bertz CT molecular complexity index is 1050. The molecule has 0 radical (unpaired) electrons. The van der Waals surface area contributed by atoms with Crippen LogP contribution in [0.2, 0.25) is 0 Å². The predicted molar refractivity (Wildman–Crippen MR) is 83.1 cm³/mol. The number of hydrogen-bond donors (Lipinski definition) is 4. The summed E-state index contributed by atoms with van der Waals surface area (Å²) in [5.74, 6) is -1.14. The number of carbonyl (C=O) groups is 1. The number of benzene rings is 2. The van der Waals surface area contributed by atoms with Crippen LogP contribution in [0.1, 0.15) is 10.4 Å². The van der Waals surface area contributed by atoms with Gasteiger partial charge in [0.05, 0.1) is 27.2 Å². The van der Waals surface area contributed by atoms with Gasteiger partial charge in [-0.1, -0.05) is 0 Å². The van der Waals surface area contributed by atoms with E-state index < -0.39 is 16.0 Å². The molecule has 0 amide bonds. The fraction of sp³-hybridized carbons (Fsp3) is 0. The number of fused-ring (bicyclic) bond motifs is 1. The minimum absolute atomic E-state index is 0.00438. The standard InChI is InChI=1S/C14H11N3O5S/c18-13(19)8-1-4-10(5-2-8)23(21,22)17-9-3-6-11-12(7-9)16-14(20)15-11/h1-7,17H,(H,18,19)(H2,15,16,20). The predicted octanol–water partition coefficient (Wildman–Crippen LogP) is 1.36. The highest BCUT2D eigenvalue weighted by Gasteiger charge is 2.15. The van der Waals surface area contributed by atoms with Crippen molar-refractivity contribution in [3.63, 3.8) is 0 Å². The number of hydrogen-bond acceptors (Lipinski definition) is 4. The Labute approximate surface area is 129 Å². The van der Waals surface area contributed by atoms with Gasteiger partial charge < -0.3 is 15.1 Å². The molecular formula is C14H11N3O5S. The first-order valence-electron chi connectivity index (χ1n) is 6.43. The summed E-state index contributed by atoms with van der Waals surface area (Å²) in [6.07, 6.45) is 0. The summed E-state index contributed by atoms with van der Waals surface area (Å²) in [5, 5.41) is 8.82. The zero-order valence-corrected chi connectivity index (χ0v) is 12.3. The molecule has 4 N–H and O–H groups in total. The van der Waals surface area contributed by atoms with Gasteiger partial charge in [0.25, 0.3) is 10.0 Å². The first-order chi connectivity index (χ1) is 10.8. The average Bonchev–Trinajstić information content (AvgIpc) is 2.86. The third kappa shape index (κ3) is 2.94. The topological polar surface area (TPSA) is 132 Å². The largest absolute Gasteiger partial charge is 0.478 e. The minimum atomic E-state index is -3.86. The van der Waals surface area contributed by atoms with Gasteiger partial charge in [-0.25, -0.2) is 18.0 Å². The number of aromatic amines is 2. The Morgan fingerprint density at radius 1 is 1.00 bits per heavy atom. The first-order valence-corrected chi connectivity index (χ1v) is 7.92. The van der Waals surface area contributed by atoms with E-state index in [-0.39, 0.29) is 21.8 Å². The van der Waals surface area contributed by atoms with E-state index in [0.717, 1.165) is 0 Å². The van der Waals surface area contributed by atoms with Crippen LogP contribution in [0.4, 0.5) is 5.69 Å². The summed E-state index contributed by atoms with van der Waals surface area (Å²) < 4.78 is 26.9. The number of aromatic nitrogens is 2. The minimum Gasteiger partial charge on any atom is -0.478 e. The summed E-state index contributed by atoms with van der Waals surface area (Å²) in [4.78, 5) is 27.0. The van der Waals surface area contributed by atoms with E-state index >= 15 is 0 Å². The Balaban J connectivity index is 1.92. The van der Waals surface area contributed by atoms with Crippen molar-refractivity contribution in [2.24, 2.45) is 0 Å². The van der Waals surface area contributed by atoms with Gasteiger partial charge in [0.15, 0.2) is 0 Å². The fourth-order valence-electron chi connectivity index (χ4n) is 2.09. The van der Waals surface area contributed by atoms with Gasteiger partial charge in [-0.3, -0.25) is 4.72 Å². The van der Waals surface area contributed by atoms with Crippen LogP contribution in [0.15, 0.2) is 52.2 Å². The molecule has 118 valence electrons. The van der Waals surface area contributed by atoms with Gasteiger partial charge in [0.2, 0.25) is 0 Å². The Kier molecular flexibility index (Phi) is 3.41. The SMILES string of the molecule is O=C(O)c1ccc(S(=O)(=O)Nc2ccc3[nH]c(=O)[nH]c3c2)cc1. The number of anilines is 1. The van der Waals surface area contributed by atoms with Gasteiger partial charge in [-0.2, -0.15) is 0 Å². The normalized spacial score (nSPS) is 11.5. The number of carboxylic acid groups (broad SMARTS) is 1. The molecule has 23 heavy (non-hydrogen) atoms. The maximum atomic E-state index is 12.3. The lowest BCUT2D eigenvalue weighted by Gasteiger charge is -2.08. The monoisotopic (exact) mass is 333 g/mol.